The molecular formula is C12H12ClFN4. The molecule has 2 heterocycles. The maximum absolute atomic E-state index is 13.5. The molecule has 0 spiro atoms. The van der Waals surface area contributed by atoms with Gasteiger partial charge in [0.05, 0.1) is 22.9 Å². The van der Waals surface area contributed by atoms with Crippen LogP contribution in [-0.2, 0) is 13.1 Å². The lowest BCUT2D eigenvalue weighted by Gasteiger charge is -2.30. The Hall–Kier alpha value is -1.75. The van der Waals surface area contributed by atoms with Crippen LogP contribution in [0.4, 0.5) is 15.8 Å². The molecule has 2 aromatic rings. The highest BCUT2D eigenvalue weighted by Gasteiger charge is 2.19. The number of nitrogens with zero attached hydrogens (tertiary/aromatic N) is 3. The number of anilines is 2. The molecule has 4 nitrogen and oxygen atoms in total. The summed E-state index contributed by atoms with van der Waals surface area (Å²) in [5, 5.41) is 0.0507. The topological polar surface area (TPSA) is 47.1 Å². The van der Waals surface area contributed by atoms with E-state index in [4.69, 9.17) is 17.3 Å². The third-order valence-corrected chi connectivity index (χ3v) is 3.44. The van der Waals surface area contributed by atoms with Gasteiger partial charge in [-0.2, -0.15) is 0 Å². The first kappa shape index (κ1) is 11.3. The van der Waals surface area contributed by atoms with Gasteiger partial charge in [0, 0.05) is 31.5 Å². The van der Waals surface area contributed by atoms with Gasteiger partial charge in [-0.25, -0.2) is 9.37 Å². The zero-order chi connectivity index (χ0) is 12.7. The van der Waals surface area contributed by atoms with Gasteiger partial charge in [0.1, 0.15) is 11.6 Å². The SMILES string of the molecule is Nc1cc(Cl)c(F)cc1N1CCn2ccnc2C1. The van der Waals surface area contributed by atoms with Gasteiger partial charge in [0.15, 0.2) is 0 Å². The molecule has 0 saturated carbocycles. The van der Waals surface area contributed by atoms with Crippen LogP contribution in [0.2, 0.25) is 5.02 Å². The number of halogens is 2. The monoisotopic (exact) mass is 266 g/mol. The van der Waals surface area contributed by atoms with Crippen molar-refractivity contribution in [1.29, 1.82) is 0 Å². The van der Waals surface area contributed by atoms with Crippen molar-refractivity contribution < 1.29 is 4.39 Å². The minimum absolute atomic E-state index is 0.0507. The van der Waals surface area contributed by atoms with Gasteiger partial charge in [-0.15, -0.1) is 0 Å². The Bertz CT molecular complexity index is 596. The van der Waals surface area contributed by atoms with Crippen LogP contribution in [0, 0.1) is 5.82 Å². The van der Waals surface area contributed by atoms with Gasteiger partial charge in [-0.3, -0.25) is 0 Å². The molecule has 0 amide bonds. The van der Waals surface area contributed by atoms with E-state index in [1.807, 2.05) is 11.1 Å². The van der Waals surface area contributed by atoms with E-state index in [1.165, 1.54) is 12.1 Å². The Morgan fingerprint density at radius 2 is 2.17 bits per heavy atom. The van der Waals surface area contributed by atoms with Crippen LogP contribution in [0.1, 0.15) is 5.82 Å². The lowest BCUT2D eigenvalue weighted by Crippen LogP contribution is -2.34. The number of hydrogen-bond acceptors (Lipinski definition) is 3. The molecule has 1 aliphatic heterocycles. The molecule has 1 aliphatic rings. The van der Waals surface area contributed by atoms with Crippen LogP contribution in [-0.4, -0.2) is 16.1 Å². The third-order valence-electron chi connectivity index (χ3n) is 3.16. The first-order chi connectivity index (χ1) is 8.65. The van der Waals surface area contributed by atoms with E-state index < -0.39 is 5.82 Å². The number of imidazole rings is 1. The number of nitrogen functional groups attached to an aromatic ring is 1. The zero-order valence-corrected chi connectivity index (χ0v) is 10.4. The van der Waals surface area contributed by atoms with E-state index in [2.05, 4.69) is 9.55 Å². The van der Waals surface area contributed by atoms with E-state index in [-0.39, 0.29) is 5.02 Å². The lowest BCUT2D eigenvalue weighted by molar-refractivity contribution is 0.558. The summed E-state index contributed by atoms with van der Waals surface area (Å²) in [6.45, 7) is 2.21. The summed E-state index contributed by atoms with van der Waals surface area (Å²) < 4.78 is 15.6. The largest absolute Gasteiger partial charge is 0.397 e. The summed E-state index contributed by atoms with van der Waals surface area (Å²) in [5.74, 6) is 0.505. The molecule has 0 fully saturated rings. The van der Waals surface area contributed by atoms with Crippen molar-refractivity contribution in [2.75, 3.05) is 17.2 Å². The van der Waals surface area contributed by atoms with Crippen LogP contribution in [0.15, 0.2) is 24.5 Å². The van der Waals surface area contributed by atoms with Gasteiger partial charge in [0.25, 0.3) is 0 Å². The first-order valence-electron chi connectivity index (χ1n) is 5.64. The molecule has 0 aliphatic carbocycles. The first-order valence-corrected chi connectivity index (χ1v) is 6.02. The lowest BCUT2D eigenvalue weighted by atomic mass is 10.2. The van der Waals surface area contributed by atoms with Gasteiger partial charge in [-0.1, -0.05) is 11.6 Å². The molecular weight excluding hydrogens is 255 g/mol. The summed E-state index contributed by atoms with van der Waals surface area (Å²) in [7, 11) is 0. The second-order valence-corrected chi connectivity index (χ2v) is 4.69. The molecule has 6 heteroatoms. The molecule has 18 heavy (non-hydrogen) atoms. The molecule has 1 aromatic carbocycles. The van der Waals surface area contributed by atoms with E-state index in [0.717, 1.165) is 18.9 Å². The fourth-order valence-corrected chi connectivity index (χ4v) is 2.38. The third kappa shape index (κ3) is 1.80. The van der Waals surface area contributed by atoms with E-state index in [0.29, 0.717) is 17.9 Å². The fraction of sp³-hybridized carbons (Fsp3) is 0.250. The Labute approximate surface area is 109 Å². The van der Waals surface area contributed by atoms with Crippen LogP contribution in [0.5, 0.6) is 0 Å². The van der Waals surface area contributed by atoms with Crippen LogP contribution >= 0.6 is 11.6 Å². The van der Waals surface area contributed by atoms with Crippen molar-refractivity contribution in [1.82, 2.24) is 9.55 Å². The summed E-state index contributed by atoms with van der Waals surface area (Å²) in [5.41, 5.74) is 7.06. The smallest absolute Gasteiger partial charge is 0.144 e. The van der Waals surface area contributed by atoms with Gasteiger partial charge >= 0.3 is 0 Å². The molecule has 0 saturated heterocycles. The predicted octanol–water partition coefficient (Wildman–Crippen LogP) is 2.28. The van der Waals surface area contributed by atoms with Crippen LogP contribution in [0.3, 0.4) is 0 Å². The number of benzene rings is 1. The highest BCUT2D eigenvalue weighted by atomic mass is 35.5. The maximum Gasteiger partial charge on any atom is 0.144 e. The predicted molar refractivity (Wildman–Crippen MR) is 69.1 cm³/mol. The van der Waals surface area contributed by atoms with Crippen molar-refractivity contribution in [3.05, 3.63) is 41.2 Å². The van der Waals surface area contributed by atoms with Crippen molar-refractivity contribution in [2.45, 2.75) is 13.1 Å². The van der Waals surface area contributed by atoms with Crippen molar-refractivity contribution in [3.63, 3.8) is 0 Å². The van der Waals surface area contributed by atoms with Gasteiger partial charge < -0.3 is 15.2 Å². The number of hydrogen-bond donors (Lipinski definition) is 1. The summed E-state index contributed by atoms with van der Waals surface area (Å²) in [6, 6.07) is 2.84. The summed E-state index contributed by atoms with van der Waals surface area (Å²) in [4.78, 5) is 6.27. The maximum atomic E-state index is 13.5. The summed E-state index contributed by atoms with van der Waals surface area (Å²) in [6.07, 6.45) is 3.71. The average molecular weight is 267 g/mol. The molecule has 3 rings (SSSR count). The highest BCUT2D eigenvalue weighted by molar-refractivity contribution is 6.31. The number of fused-ring (bicyclic) bond motifs is 1. The molecule has 0 unspecified atom stereocenters. The van der Waals surface area contributed by atoms with Crippen LogP contribution in [0.25, 0.3) is 0 Å². The van der Waals surface area contributed by atoms with Crippen molar-refractivity contribution in [2.24, 2.45) is 0 Å². The molecule has 0 bridgehead atoms. The normalized spacial score (nSPS) is 14.7. The Kier molecular flexibility index (Phi) is 2.63. The van der Waals surface area contributed by atoms with E-state index in [1.54, 1.807) is 6.20 Å². The van der Waals surface area contributed by atoms with Gasteiger partial charge in [-0.05, 0) is 6.07 Å². The van der Waals surface area contributed by atoms with Crippen LogP contribution < -0.4 is 10.6 Å². The second-order valence-electron chi connectivity index (χ2n) is 4.28. The van der Waals surface area contributed by atoms with E-state index in [9.17, 15) is 4.39 Å². The Morgan fingerprint density at radius 1 is 1.33 bits per heavy atom. The fourth-order valence-electron chi connectivity index (χ4n) is 2.20. The number of nitrogens with two attached hydrogens (primary N) is 1. The zero-order valence-electron chi connectivity index (χ0n) is 9.61. The van der Waals surface area contributed by atoms with E-state index >= 15 is 0 Å². The number of aromatic nitrogens is 2. The second kappa shape index (κ2) is 4.17. The highest BCUT2D eigenvalue weighted by Crippen LogP contribution is 2.31. The Morgan fingerprint density at radius 3 is 3.00 bits per heavy atom. The molecule has 94 valence electrons. The standard InChI is InChI=1S/C12H12ClFN4/c13-8-5-10(15)11(6-9(8)14)18-4-3-17-2-1-16-12(17)7-18/h1-2,5-6H,3-4,7,15H2. The summed E-state index contributed by atoms with van der Waals surface area (Å²) >= 11 is 5.70. The minimum atomic E-state index is -0.449. The Balaban J connectivity index is 1.95. The number of rotatable bonds is 1. The molecule has 1 aromatic heterocycles. The van der Waals surface area contributed by atoms with Crippen molar-refractivity contribution >= 4 is 23.0 Å². The van der Waals surface area contributed by atoms with Crippen molar-refractivity contribution in [3.8, 4) is 0 Å². The minimum Gasteiger partial charge on any atom is -0.397 e. The van der Waals surface area contributed by atoms with Gasteiger partial charge in [0.2, 0.25) is 0 Å². The molecule has 2 N–H and O–H groups in total. The average Bonchev–Trinajstić information content (AvgIpc) is 2.80. The quantitative estimate of drug-likeness (QED) is 0.806. The molecule has 0 atom stereocenters. The molecule has 0 radical (unpaired) electrons.